The minimum Gasteiger partial charge on any atom is -0.369 e. The number of piperazine rings is 1. The third-order valence-electron chi connectivity index (χ3n) is 6.01. The number of carbonyl (C=O) groups excluding carboxylic acids is 1. The first-order valence-corrected chi connectivity index (χ1v) is 9.72. The Morgan fingerprint density at radius 2 is 1.74 bits per heavy atom. The summed E-state index contributed by atoms with van der Waals surface area (Å²) in [6.07, 6.45) is 1.86. The van der Waals surface area contributed by atoms with E-state index in [4.69, 9.17) is 0 Å². The quantitative estimate of drug-likeness (QED) is 0.709. The number of benzene rings is 2. The van der Waals surface area contributed by atoms with E-state index < -0.39 is 0 Å². The largest absolute Gasteiger partial charge is 0.369 e. The Morgan fingerprint density at radius 1 is 1.00 bits per heavy atom. The number of aryl methyl sites for hydroxylation is 1. The van der Waals surface area contributed by atoms with Gasteiger partial charge in [-0.25, -0.2) is 0 Å². The number of aromatic nitrogens is 1. The van der Waals surface area contributed by atoms with Crippen molar-refractivity contribution in [2.24, 2.45) is 0 Å². The highest BCUT2D eigenvalue weighted by atomic mass is 16.1. The Morgan fingerprint density at radius 3 is 2.52 bits per heavy atom. The van der Waals surface area contributed by atoms with E-state index in [1.165, 1.54) is 16.8 Å². The number of fused-ring (bicyclic) bond motifs is 1. The van der Waals surface area contributed by atoms with Crippen molar-refractivity contribution in [3.63, 3.8) is 0 Å². The van der Waals surface area contributed by atoms with E-state index in [0.29, 0.717) is 0 Å². The molecule has 4 nitrogen and oxygen atoms in total. The second-order valence-corrected chi connectivity index (χ2v) is 7.53. The predicted molar refractivity (Wildman–Crippen MR) is 112 cm³/mol. The van der Waals surface area contributed by atoms with E-state index >= 15 is 0 Å². The molecule has 2 heterocycles. The van der Waals surface area contributed by atoms with Crippen molar-refractivity contribution in [2.75, 3.05) is 31.1 Å². The smallest absolute Gasteiger partial charge is 0.181 e. The third-order valence-corrected chi connectivity index (χ3v) is 6.01. The molecule has 0 amide bonds. The monoisotopic (exact) mass is 361 g/mol. The molecule has 0 unspecified atom stereocenters. The maximum absolute atomic E-state index is 13.1. The van der Waals surface area contributed by atoms with Crippen molar-refractivity contribution in [3.8, 4) is 0 Å². The van der Waals surface area contributed by atoms with Gasteiger partial charge in [-0.3, -0.25) is 9.69 Å². The number of Topliss-reactive ketones (excluding diaryl/α,β-unsaturated/α-hetero) is 1. The van der Waals surface area contributed by atoms with E-state index in [1.54, 1.807) is 0 Å². The number of nitrogens with zero attached hydrogens (tertiary/aromatic N) is 2. The molecule has 1 N–H and O–H groups in total. The predicted octanol–water partition coefficient (Wildman–Crippen LogP) is 4.18. The molecule has 1 aliphatic rings. The number of ketones is 1. The van der Waals surface area contributed by atoms with E-state index in [9.17, 15) is 4.79 Å². The fourth-order valence-electron chi connectivity index (χ4n) is 4.09. The van der Waals surface area contributed by atoms with E-state index in [0.717, 1.165) is 42.6 Å². The first-order chi connectivity index (χ1) is 13.1. The van der Waals surface area contributed by atoms with Crippen molar-refractivity contribution >= 4 is 22.4 Å². The van der Waals surface area contributed by atoms with Crippen LogP contribution < -0.4 is 4.90 Å². The molecule has 1 saturated heterocycles. The van der Waals surface area contributed by atoms with Crippen LogP contribution in [0.3, 0.4) is 0 Å². The Kier molecular flexibility index (Phi) is 4.75. The van der Waals surface area contributed by atoms with Gasteiger partial charge in [0.2, 0.25) is 0 Å². The summed E-state index contributed by atoms with van der Waals surface area (Å²) in [4.78, 5) is 21.1. The van der Waals surface area contributed by atoms with Crippen LogP contribution in [0.4, 0.5) is 5.69 Å². The lowest BCUT2D eigenvalue weighted by molar-refractivity contribution is 0.0831. The van der Waals surface area contributed by atoms with Gasteiger partial charge in [0, 0.05) is 54.5 Å². The maximum atomic E-state index is 13.1. The van der Waals surface area contributed by atoms with Crippen LogP contribution in [0.5, 0.6) is 0 Å². The number of hydrogen-bond donors (Lipinski definition) is 1. The van der Waals surface area contributed by atoms with Crippen molar-refractivity contribution in [1.29, 1.82) is 0 Å². The molecule has 4 heteroatoms. The van der Waals surface area contributed by atoms with Gasteiger partial charge in [0.25, 0.3) is 0 Å². The zero-order chi connectivity index (χ0) is 19.0. The van der Waals surface area contributed by atoms with Gasteiger partial charge in [-0.05, 0) is 44.0 Å². The molecule has 3 aromatic rings. The highest BCUT2D eigenvalue weighted by molar-refractivity contribution is 6.10. The first-order valence-electron chi connectivity index (χ1n) is 9.72. The summed E-state index contributed by atoms with van der Waals surface area (Å²) in [6.45, 7) is 10.1. The first kappa shape index (κ1) is 17.8. The van der Waals surface area contributed by atoms with Crippen LogP contribution in [-0.4, -0.2) is 47.9 Å². The highest BCUT2D eigenvalue weighted by Crippen LogP contribution is 2.25. The number of carbonyl (C=O) groups is 1. The Bertz CT molecular complexity index is 967. The van der Waals surface area contributed by atoms with E-state index in [2.05, 4.69) is 46.8 Å². The SMILES string of the molecule is Cc1cccc(N2CCN([C@@H](C)C(=O)c3c[nH]c4ccccc34)CC2)c1C. The lowest BCUT2D eigenvalue weighted by Gasteiger charge is -2.39. The molecule has 2 aromatic carbocycles. The van der Waals surface area contributed by atoms with Gasteiger partial charge in [0.05, 0.1) is 6.04 Å². The minimum absolute atomic E-state index is 0.107. The molecule has 1 aliphatic heterocycles. The van der Waals surface area contributed by atoms with Crippen molar-refractivity contribution in [1.82, 2.24) is 9.88 Å². The molecule has 0 saturated carbocycles. The number of rotatable bonds is 4. The van der Waals surface area contributed by atoms with Gasteiger partial charge in [0.1, 0.15) is 0 Å². The lowest BCUT2D eigenvalue weighted by atomic mass is 10.0. The summed E-state index contributed by atoms with van der Waals surface area (Å²) in [5, 5.41) is 1.02. The normalized spacial score (nSPS) is 16.6. The summed E-state index contributed by atoms with van der Waals surface area (Å²) in [7, 11) is 0. The second kappa shape index (κ2) is 7.20. The van der Waals surface area contributed by atoms with Crippen molar-refractivity contribution < 1.29 is 4.79 Å². The van der Waals surface area contributed by atoms with Crippen LogP contribution in [0, 0.1) is 13.8 Å². The summed E-state index contributed by atoms with van der Waals surface area (Å²) in [5.74, 6) is 0.202. The zero-order valence-electron chi connectivity index (χ0n) is 16.3. The number of aromatic amines is 1. The van der Waals surface area contributed by atoms with Crippen molar-refractivity contribution in [3.05, 3.63) is 65.4 Å². The van der Waals surface area contributed by atoms with E-state index in [1.807, 2.05) is 37.4 Å². The molecule has 1 atom stereocenters. The summed E-state index contributed by atoms with van der Waals surface area (Å²) in [6, 6.07) is 14.4. The standard InChI is InChI=1S/C23H27N3O/c1-16-7-6-10-22(17(16)2)26-13-11-25(12-14-26)18(3)23(27)20-15-24-21-9-5-4-8-19(20)21/h4-10,15,18,24H,11-14H2,1-3H3/t18-/m0/s1. The highest BCUT2D eigenvalue weighted by Gasteiger charge is 2.28. The molecule has 27 heavy (non-hydrogen) atoms. The maximum Gasteiger partial charge on any atom is 0.181 e. The number of anilines is 1. The summed E-state index contributed by atoms with van der Waals surface area (Å²) in [5.41, 5.74) is 5.83. The van der Waals surface area contributed by atoms with Crippen LogP contribution in [0.15, 0.2) is 48.7 Å². The van der Waals surface area contributed by atoms with Gasteiger partial charge in [0.15, 0.2) is 5.78 Å². The lowest BCUT2D eigenvalue weighted by Crippen LogP contribution is -2.52. The zero-order valence-corrected chi connectivity index (χ0v) is 16.3. The molecule has 1 fully saturated rings. The third kappa shape index (κ3) is 3.26. The molecule has 0 spiro atoms. The van der Waals surface area contributed by atoms with Crippen molar-refractivity contribution in [2.45, 2.75) is 26.8 Å². The van der Waals surface area contributed by atoms with Crippen LogP contribution >= 0.6 is 0 Å². The molecule has 1 aromatic heterocycles. The Labute approximate surface area is 160 Å². The van der Waals surface area contributed by atoms with Crippen LogP contribution in [0.1, 0.15) is 28.4 Å². The fraction of sp³-hybridized carbons (Fsp3) is 0.348. The number of H-pyrrole nitrogens is 1. The molecular formula is C23H27N3O. The molecule has 4 rings (SSSR count). The average Bonchev–Trinajstić information content (AvgIpc) is 3.13. The second-order valence-electron chi connectivity index (χ2n) is 7.53. The Hall–Kier alpha value is -2.59. The molecule has 0 radical (unpaired) electrons. The minimum atomic E-state index is -0.107. The van der Waals surface area contributed by atoms with Crippen LogP contribution in [0.2, 0.25) is 0 Å². The van der Waals surface area contributed by atoms with Gasteiger partial charge < -0.3 is 9.88 Å². The van der Waals surface area contributed by atoms with Gasteiger partial charge in [-0.15, -0.1) is 0 Å². The number of hydrogen-bond acceptors (Lipinski definition) is 3. The molecule has 0 bridgehead atoms. The van der Waals surface area contributed by atoms with Crippen LogP contribution in [-0.2, 0) is 0 Å². The van der Waals surface area contributed by atoms with Gasteiger partial charge in [-0.2, -0.15) is 0 Å². The van der Waals surface area contributed by atoms with Crippen LogP contribution in [0.25, 0.3) is 10.9 Å². The van der Waals surface area contributed by atoms with E-state index in [-0.39, 0.29) is 11.8 Å². The molecule has 140 valence electrons. The number of para-hydroxylation sites is 1. The number of nitrogens with one attached hydrogen (secondary N) is 1. The molecular weight excluding hydrogens is 334 g/mol. The molecule has 0 aliphatic carbocycles. The van der Waals surface area contributed by atoms with Gasteiger partial charge >= 0.3 is 0 Å². The topological polar surface area (TPSA) is 39.3 Å². The van der Waals surface area contributed by atoms with Gasteiger partial charge in [-0.1, -0.05) is 30.3 Å². The Balaban J connectivity index is 1.46. The summed E-state index contributed by atoms with van der Waals surface area (Å²) >= 11 is 0. The fourth-order valence-corrected chi connectivity index (χ4v) is 4.09. The average molecular weight is 361 g/mol. The summed E-state index contributed by atoms with van der Waals surface area (Å²) < 4.78 is 0.